The number of benzene rings is 3. The number of ether oxygens (including phenoxy) is 2. The molecule has 0 aliphatic heterocycles. The number of carbonyl (C=O) groups is 3. The van der Waals surface area contributed by atoms with Crippen molar-refractivity contribution in [2.75, 3.05) is 19.0 Å². The molecule has 0 saturated carbocycles. The molecule has 3 rings (SSSR count). The summed E-state index contributed by atoms with van der Waals surface area (Å²) in [7, 11) is 1.53. The van der Waals surface area contributed by atoms with Crippen molar-refractivity contribution >= 4 is 23.5 Å². The zero-order valence-electron chi connectivity index (χ0n) is 17.8. The predicted octanol–water partition coefficient (Wildman–Crippen LogP) is 3.98. The average Bonchev–Trinajstić information content (AvgIpc) is 2.83. The highest BCUT2D eigenvalue weighted by atomic mass is 16.5. The highest BCUT2D eigenvalue weighted by molar-refractivity contribution is 6.04. The van der Waals surface area contributed by atoms with Crippen LogP contribution in [0.5, 0.6) is 5.75 Å². The van der Waals surface area contributed by atoms with Crippen LogP contribution in [0.15, 0.2) is 78.9 Å². The van der Waals surface area contributed by atoms with E-state index in [0.29, 0.717) is 22.6 Å². The van der Waals surface area contributed by atoms with Crippen molar-refractivity contribution in [3.63, 3.8) is 0 Å². The fraction of sp³-hybridized carbons (Fsp3) is 0.160. The monoisotopic (exact) mass is 432 g/mol. The van der Waals surface area contributed by atoms with Crippen LogP contribution in [0.4, 0.5) is 5.69 Å². The zero-order valence-corrected chi connectivity index (χ0v) is 17.8. The Morgan fingerprint density at radius 2 is 1.53 bits per heavy atom. The minimum Gasteiger partial charge on any atom is -0.497 e. The van der Waals surface area contributed by atoms with Gasteiger partial charge in [0.2, 0.25) is 0 Å². The normalized spacial score (nSPS) is 11.2. The lowest BCUT2D eigenvalue weighted by atomic mass is 10.1. The summed E-state index contributed by atoms with van der Waals surface area (Å²) in [5, 5.41) is 5.55. The molecular formula is C25H24N2O5. The molecule has 3 aromatic rings. The van der Waals surface area contributed by atoms with E-state index in [1.54, 1.807) is 48.5 Å². The van der Waals surface area contributed by atoms with Crippen molar-refractivity contribution in [3.8, 4) is 5.75 Å². The lowest BCUT2D eigenvalue weighted by Crippen LogP contribution is -2.28. The first-order valence-electron chi connectivity index (χ1n) is 10.0. The Kier molecular flexibility index (Phi) is 7.59. The molecule has 0 heterocycles. The number of carbonyl (C=O) groups excluding carboxylic acids is 3. The topological polar surface area (TPSA) is 93.7 Å². The number of anilines is 1. The van der Waals surface area contributed by atoms with Crippen LogP contribution in [-0.2, 0) is 9.53 Å². The van der Waals surface area contributed by atoms with Gasteiger partial charge in [0.05, 0.1) is 30.0 Å². The van der Waals surface area contributed by atoms with Gasteiger partial charge in [-0.2, -0.15) is 0 Å². The van der Waals surface area contributed by atoms with E-state index >= 15 is 0 Å². The van der Waals surface area contributed by atoms with Crippen LogP contribution < -0.4 is 15.4 Å². The SMILES string of the molecule is COc1ccc(C(=O)OCC(=O)Nc2ccccc2C(=O)NC(C)c2ccccc2)cc1. The number of nitrogens with one attached hydrogen (secondary N) is 2. The number of methoxy groups -OCH3 is 1. The Morgan fingerprint density at radius 3 is 2.22 bits per heavy atom. The Balaban J connectivity index is 1.59. The molecule has 1 atom stereocenters. The van der Waals surface area contributed by atoms with Crippen LogP contribution >= 0.6 is 0 Å². The van der Waals surface area contributed by atoms with Crippen LogP contribution in [0, 0.1) is 0 Å². The Bertz CT molecular complexity index is 1080. The third-order valence-corrected chi connectivity index (χ3v) is 4.75. The molecular weight excluding hydrogens is 408 g/mol. The molecule has 164 valence electrons. The molecule has 7 nitrogen and oxygen atoms in total. The molecule has 0 bridgehead atoms. The summed E-state index contributed by atoms with van der Waals surface area (Å²) < 4.78 is 10.1. The van der Waals surface area contributed by atoms with E-state index in [9.17, 15) is 14.4 Å². The van der Waals surface area contributed by atoms with Crippen LogP contribution in [0.3, 0.4) is 0 Å². The first-order chi connectivity index (χ1) is 15.5. The zero-order chi connectivity index (χ0) is 22.9. The van der Waals surface area contributed by atoms with Crippen molar-refractivity contribution in [2.45, 2.75) is 13.0 Å². The smallest absolute Gasteiger partial charge is 0.338 e. The van der Waals surface area contributed by atoms with Crippen molar-refractivity contribution in [1.29, 1.82) is 0 Å². The molecule has 0 aliphatic rings. The maximum atomic E-state index is 12.8. The molecule has 0 spiro atoms. The van der Waals surface area contributed by atoms with E-state index in [-0.39, 0.29) is 11.9 Å². The fourth-order valence-corrected chi connectivity index (χ4v) is 3.02. The van der Waals surface area contributed by atoms with Gasteiger partial charge < -0.3 is 20.1 Å². The van der Waals surface area contributed by atoms with E-state index < -0.39 is 18.5 Å². The van der Waals surface area contributed by atoms with Gasteiger partial charge in [-0.05, 0) is 48.9 Å². The molecule has 32 heavy (non-hydrogen) atoms. The fourth-order valence-electron chi connectivity index (χ4n) is 3.02. The molecule has 2 N–H and O–H groups in total. The van der Waals surface area contributed by atoms with Crippen LogP contribution in [0.1, 0.15) is 39.2 Å². The molecule has 0 fully saturated rings. The van der Waals surface area contributed by atoms with E-state index in [1.807, 2.05) is 37.3 Å². The molecule has 0 aromatic heterocycles. The largest absolute Gasteiger partial charge is 0.497 e. The summed E-state index contributed by atoms with van der Waals surface area (Å²) in [6, 6.07) is 22.4. The Hall–Kier alpha value is -4.13. The summed E-state index contributed by atoms with van der Waals surface area (Å²) in [6.07, 6.45) is 0. The second kappa shape index (κ2) is 10.8. The van der Waals surface area contributed by atoms with Gasteiger partial charge in [-0.3, -0.25) is 9.59 Å². The van der Waals surface area contributed by atoms with Gasteiger partial charge in [-0.15, -0.1) is 0 Å². The van der Waals surface area contributed by atoms with E-state index in [4.69, 9.17) is 9.47 Å². The van der Waals surface area contributed by atoms with Crippen molar-refractivity contribution in [3.05, 3.63) is 95.6 Å². The second-order valence-electron chi connectivity index (χ2n) is 7.00. The first kappa shape index (κ1) is 22.6. The Labute approximate surface area is 186 Å². The average molecular weight is 432 g/mol. The maximum Gasteiger partial charge on any atom is 0.338 e. The second-order valence-corrected chi connectivity index (χ2v) is 7.00. The van der Waals surface area contributed by atoms with Gasteiger partial charge in [0.25, 0.3) is 11.8 Å². The molecule has 2 amide bonds. The predicted molar refractivity (Wildman–Crippen MR) is 121 cm³/mol. The molecule has 0 aliphatic carbocycles. The molecule has 7 heteroatoms. The summed E-state index contributed by atoms with van der Waals surface area (Å²) in [6.45, 7) is 1.40. The van der Waals surface area contributed by atoms with Gasteiger partial charge in [-0.1, -0.05) is 42.5 Å². The van der Waals surface area contributed by atoms with Crippen LogP contribution in [0.25, 0.3) is 0 Å². The number of esters is 1. The molecule has 0 radical (unpaired) electrons. The quantitative estimate of drug-likeness (QED) is 0.525. The van der Waals surface area contributed by atoms with Gasteiger partial charge in [0.1, 0.15) is 5.75 Å². The Morgan fingerprint density at radius 1 is 0.875 bits per heavy atom. The minimum absolute atomic E-state index is 0.210. The van der Waals surface area contributed by atoms with Crippen molar-refractivity contribution in [1.82, 2.24) is 5.32 Å². The number of hydrogen-bond acceptors (Lipinski definition) is 5. The number of hydrogen-bond donors (Lipinski definition) is 2. The first-order valence-corrected chi connectivity index (χ1v) is 10.0. The number of para-hydroxylation sites is 1. The van der Waals surface area contributed by atoms with E-state index in [2.05, 4.69) is 10.6 Å². The van der Waals surface area contributed by atoms with E-state index in [0.717, 1.165) is 5.56 Å². The third-order valence-electron chi connectivity index (χ3n) is 4.75. The molecule has 1 unspecified atom stereocenters. The van der Waals surface area contributed by atoms with Gasteiger partial charge in [0.15, 0.2) is 6.61 Å². The third kappa shape index (κ3) is 5.95. The van der Waals surface area contributed by atoms with Crippen LogP contribution in [0.2, 0.25) is 0 Å². The molecule has 3 aromatic carbocycles. The van der Waals surface area contributed by atoms with Crippen molar-refractivity contribution < 1.29 is 23.9 Å². The van der Waals surface area contributed by atoms with Crippen molar-refractivity contribution in [2.24, 2.45) is 0 Å². The van der Waals surface area contributed by atoms with Gasteiger partial charge in [-0.25, -0.2) is 4.79 Å². The summed E-state index contributed by atoms with van der Waals surface area (Å²) in [5.74, 6) is -0.906. The van der Waals surface area contributed by atoms with E-state index in [1.165, 1.54) is 7.11 Å². The summed E-state index contributed by atoms with van der Waals surface area (Å²) in [5.41, 5.74) is 1.90. The molecule has 0 saturated heterocycles. The van der Waals surface area contributed by atoms with Crippen LogP contribution in [-0.4, -0.2) is 31.5 Å². The lowest BCUT2D eigenvalue weighted by Gasteiger charge is -2.16. The number of rotatable bonds is 8. The standard InChI is InChI=1S/C25H24N2O5/c1-17(18-8-4-3-5-9-18)26-24(29)21-10-6-7-11-22(21)27-23(28)16-32-25(30)19-12-14-20(31-2)15-13-19/h3-15,17H,16H2,1-2H3,(H,26,29)(H,27,28). The van der Waals surface area contributed by atoms with Gasteiger partial charge >= 0.3 is 5.97 Å². The number of amides is 2. The van der Waals surface area contributed by atoms with Gasteiger partial charge in [0, 0.05) is 0 Å². The summed E-state index contributed by atoms with van der Waals surface area (Å²) in [4.78, 5) is 37.2. The minimum atomic E-state index is -0.634. The lowest BCUT2D eigenvalue weighted by molar-refractivity contribution is -0.119. The summed E-state index contributed by atoms with van der Waals surface area (Å²) >= 11 is 0. The maximum absolute atomic E-state index is 12.8. The highest BCUT2D eigenvalue weighted by Crippen LogP contribution is 2.18. The highest BCUT2D eigenvalue weighted by Gasteiger charge is 2.17.